The Bertz CT molecular complexity index is 759. The second kappa shape index (κ2) is 8.73. The molecule has 0 radical (unpaired) electrons. The second-order valence-corrected chi connectivity index (χ2v) is 5.49. The first-order chi connectivity index (χ1) is 12.0. The Kier molecular flexibility index (Phi) is 6.39. The van der Waals surface area contributed by atoms with Gasteiger partial charge in [-0.3, -0.25) is 20.4 Å². The SMILES string of the molecule is CCOc1ccccc1OCC(=O)NNC(=O)c1cc(C)ccc1C. The fourth-order valence-electron chi connectivity index (χ4n) is 2.20. The molecule has 2 rings (SSSR count). The summed E-state index contributed by atoms with van der Waals surface area (Å²) in [5.74, 6) is 0.201. The van der Waals surface area contributed by atoms with Gasteiger partial charge in [-0.05, 0) is 44.5 Å². The minimum absolute atomic E-state index is 0.239. The molecular formula is C19H22N2O4. The van der Waals surface area contributed by atoms with Gasteiger partial charge in [0.2, 0.25) is 0 Å². The summed E-state index contributed by atoms with van der Waals surface area (Å²) in [5.41, 5.74) is 7.06. The number of ether oxygens (including phenoxy) is 2. The molecule has 0 aromatic heterocycles. The molecule has 132 valence electrons. The van der Waals surface area contributed by atoms with E-state index in [9.17, 15) is 9.59 Å². The Labute approximate surface area is 147 Å². The number of hydrogen-bond donors (Lipinski definition) is 2. The smallest absolute Gasteiger partial charge is 0.276 e. The summed E-state index contributed by atoms with van der Waals surface area (Å²) in [6.45, 7) is 5.87. The lowest BCUT2D eigenvalue weighted by Crippen LogP contribution is -2.44. The number of carbonyl (C=O) groups is 2. The predicted octanol–water partition coefficient (Wildman–Crippen LogP) is 2.54. The number of nitrogens with one attached hydrogen (secondary N) is 2. The van der Waals surface area contributed by atoms with E-state index in [2.05, 4.69) is 10.9 Å². The average Bonchev–Trinajstić information content (AvgIpc) is 2.61. The van der Waals surface area contributed by atoms with Crippen LogP contribution in [-0.4, -0.2) is 25.0 Å². The van der Waals surface area contributed by atoms with E-state index >= 15 is 0 Å². The van der Waals surface area contributed by atoms with Crippen molar-refractivity contribution in [3.63, 3.8) is 0 Å². The van der Waals surface area contributed by atoms with Crippen molar-refractivity contribution < 1.29 is 19.1 Å². The monoisotopic (exact) mass is 342 g/mol. The number of carbonyl (C=O) groups excluding carboxylic acids is 2. The van der Waals surface area contributed by atoms with Crippen LogP contribution >= 0.6 is 0 Å². The molecule has 0 saturated carbocycles. The Hall–Kier alpha value is -3.02. The predicted molar refractivity (Wildman–Crippen MR) is 94.6 cm³/mol. The summed E-state index contributed by atoms with van der Waals surface area (Å²) in [6, 6.07) is 12.6. The van der Waals surface area contributed by atoms with Crippen molar-refractivity contribution in [3.05, 3.63) is 59.2 Å². The molecule has 2 aromatic carbocycles. The van der Waals surface area contributed by atoms with Gasteiger partial charge in [0.15, 0.2) is 18.1 Å². The maximum atomic E-state index is 12.1. The number of benzene rings is 2. The molecule has 0 spiro atoms. The van der Waals surface area contributed by atoms with Crippen LogP contribution in [0.4, 0.5) is 0 Å². The highest BCUT2D eigenvalue weighted by atomic mass is 16.5. The summed E-state index contributed by atoms with van der Waals surface area (Å²) in [5, 5.41) is 0. The Morgan fingerprint density at radius 1 is 0.960 bits per heavy atom. The molecule has 2 N–H and O–H groups in total. The van der Waals surface area contributed by atoms with Crippen LogP contribution in [0.15, 0.2) is 42.5 Å². The van der Waals surface area contributed by atoms with Gasteiger partial charge in [0.1, 0.15) is 0 Å². The minimum Gasteiger partial charge on any atom is -0.490 e. The van der Waals surface area contributed by atoms with E-state index in [0.717, 1.165) is 11.1 Å². The van der Waals surface area contributed by atoms with Gasteiger partial charge in [0.25, 0.3) is 11.8 Å². The molecule has 0 bridgehead atoms. The van der Waals surface area contributed by atoms with Crippen LogP contribution in [0.1, 0.15) is 28.4 Å². The van der Waals surface area contributed by atoms with E-state index in [4.69, 9.17) is 9.47 Å². The molecule has 25 heavy (non-hydrogen) atoms. The standard InChI is InChI=1S/C19H22N2O4/c1-4-24-16-7-5-6-8-17(16)25-12-18(22)20-21-19(23)15-11-13(2)9-10-14(15)3/h5-11H,4,12H2,1-3H3,(H,20,22)(H,21,23). The normalized spacial score (nSPS) is 10.0. The fourth-order valence-corrected chi connectivity index (χ4v) is 2.20. The Morgan fingerprint density at radius 3 is 2.32 bits per heavy atom. The molecule has 0 heterocycles. The van der Waals surface area contributed by atoms with Crippen molar-refractivity contribution in [3.8, 4) is 11.5 Å². The van der Waals surface area contributed by atoms with Crippen molar-refractivity contribution in [1.29, 1.82) is 0 Å². The van der Waals surface area contributed by atoms with E-state index in [-0.39, 0.29) is 12.5 Å². The van der Waals surface area contributed by atoms with Crippen molar-refractivity contribution >= 4 is 11.8 Å². The highest BCUT2D eigenvalue weighted by Crippen LogP contribution is 2.26. The van der Waals surface area contributed by atoms with Crippen LogP contribution in [0.5, 0.6) is 11.5 Å². The van der Waals surface area contributed by atoms with Gasteiger partial charge in [0.05, 0.1) is 6.61 Å². The summed E-state index contributed by atoms with van der Waals surface area (Å²) >= 11 is 0. The van der Waals surface area contributed by atoms with Crippen LogP contribution in [0.3, 0.4) is 0 Å². The lowest BCUT2D eigenvalue weighted by atomic mass is 10.1. The first-order valence-corrected chi connectivity index (χ1v) is 8.02. The zero-order valence-electron chi connectivity index (χ0n) is 14.6. The van der Waals surface area contributed by atoms with Crippen LogP contribution in [0.2, 0.25) is 0 Å². The first kappa shape index (κ1) is 18.3. The second-order valence-electron chi connectivity index (χ2n) is 5.49. The maximum absolute atomic E-state index is 12.1. The van der Waals surface area contributed by atoms with Crippen LogP contribution < -0.4 is 20.3 Å². The van der Waals surface area contributed by atoms with Crippen molar-refractivity contribution in [2.24, 2.45) is 0 Å². The molecular weight excluding hydrogens is 320 g/mol. The molecule has 0 saturated heterocycles. The number of aryl methyl sites for hydroxylation is 2. The summed E-state index contributed by atoms with van der Waals surface area (Å²) in [7, 11) is 0. The van der Waals surface area contributed by atoms with E-state index in [1.165, 1.54) is 0 Å². The highest BCUT2D eigenvalue weighted by molar-refractivity contribution is 5.96. The maximum Gasteiger partial charge on any atom is 0.276 e. The molecule has 0 aliphatic carbocycles. The lowest BCUT2D eigenvalue weighted by Gasteiger charge is -2.12. The first-order valence-electron chi connectivity index (χ1n) is 8.02. The number of amides is 2. The van der Waals surface area contributed by atoms with Crippen LogP contribution in [0, 0.1) is 13.8 Å². The zero-order valence-corrected chi connectivity index (χ0v) is 14.6. The third-order valence-electron chi connectivity index (χ3n) is 3.46. The Morgan fingerprint density at radius 2 is 1.64 bits per heavy atom. The lowest BCUT2D eigenvalue weighted by molar-refractivity contribution is -0.123. The molecule has 6 nitrogen and oxygen atoms in total. The molecule has 2 aromatic rings. The van der Waals surface area contributed by atoms with Gasteiger partial charge in [-0.1, -0.05) is 29.8 Å². The molecule has 0 fully saturated rings. The van der Waals surface area contributed by atoms with Gasteiger partial charge in [0, 0.05) is 5.56 Å². The van der Waals surface area contributed by atoms with Gasteiger partial charge >= 0.3 is 0 Å². The molecule has 2 amide bonds. The van der Waals surface area contributed by atoms with Crippen molar-refractivity contribution in [2.45, 2.75) is 20.8 Å². The molecule has 0 aliphatic heterocycles. The summed E-state index contributed by atoms with van der Waals surface area (Å²) in [6.07, 6.45) is 0. The summed E-state index contributed by atoms with van der Waals surface area (Å²) < 4.78 is 10.9. The van der Waals surface area contributed by atoms with E-state index in [1.807, 2.05) is 39.0 Å². The number of hydrogen-bond acceptors (Lipinski definition) is 4. The molecule has 0 atom stereocenters. The third kappa shape index (κ3) is 5.24. The number of hydrazine groups is 1. The average molecular weight is 342 g/mol. The Balaban J connectivity index is 1.87. The van der Waals surface area contributed by atoms with Gasteiger partial charge in [-0.2, -0.15) is 0 Å². The van der Waals surface area contributed by atoms with Gasteiger partial charge in [-0.15, -0.1) is 0 Å². The quantitative estimate of drug-likeness (QED) is 0.791. The van der Waals surface area contributed by atoms with Gasteiger partial charge in [-0.25, -0.2) is 0 Å². The highest BCUT2D eigenvalue weighted by Gasteiger charge is 2.11. The van der Waals surface area contributed by atoms with Crippen molar-refractivity contribution in [1.82, 2.24) is 10.9 Å². The number of rotatable bonds is 6. The van der Waals surface area contributed by atoms with Crippen molar-refractivity contribution in [2.75, 3.05) is 13.2 Å². The van der Waals surface area contributed by atoms with E-state index < -0.39 is 5.91 Å². The number of para-hydroxylation sites is 2. The fraction of sp³-hybridized carbons (Fsp3) is 0.263. The van der Waals surface area contributed by atoms with E-state index in [1.54, 1.807) is 24.3 Å². The molecule has 6 heteroatoms. The molecule has 0 aliphatic rings. The van der Waals surface area contributed by atoms with E-state index in [0.29, 0.717) is 23.7 Å². The van der Waals surface area contributed by atoms with Gasteiger partial charge < -0.3 is 9.47 Å². The molecule has 0 unspecified atom stereocenters. The largest absolute Gasteiger partial charge is 0.490 e. The minimum atomic E-state index is -0.468. The summed E-state index contributed by atoms with van der Waals surface area (Å²) in [4.78, 5) is 24.0. The third-order valence-corrected chi connectivity index (χ3v) is 3.46. The zero-order chi connectivity index (χ0) is 18.2. The van der Waals surface area contributed by atoms with Crippen LogP contribution in [-0.2, 0) is 4.79 Å². The topological polar surface area (TPSA) is 76.7 Å². The van der Waals surface area contributed by atoms with Crippen LogP contribution in [0.25, 0.3) is 0 Å².